The monoisotopic (exact) mass is 306 g/mol. The van der Waals surface area contributed by atoms with E-state index in [9.17, 15) is 13.2 Å². The molecule has 2 atom stereocenters. The summed E-state index contributed by atoms with van der Waals surface area (Å²) in [5.74, 6) is 1.48. The van der Waals surface area contributed by atoms with Crippen LogP contribution in [0.1, 0.15) is 32.6 Å². The molecule has 2 saturated heterocycles. The van der Waals surface area contributed by atoms with E-state index in [2.05, 4.69) is 17.6 Å². The van der Waals surface area contributed by atoms with Gasteiger partial charge in [-0.15, -0.1) is 0 Å². The number of amides is 2. The SMILES string of the molecule is CC1(CNC(=O)NC2CCCS(=O)(=O)C2)CCCS1. The van der Waals surface area contributed by atoms with Gasteiger partial charge in [0.25, 0.3) is 0 Å². The van der Waals surface area contributed by atoms with Gasteiger partial charge in [-0.05, 0) is 38.4 Å². The average Bonchev–Trinajstić information content (AvgIpc) is 2.73. The van der Waals surface area contributed by atoms with Crippen molar-refractivity contribution in [3.05, 3.63) is 0 Å². The van der Waals surface area contributed by atoms with E-state index in [1.165, 1.54) is 6.42 Å². The van der Waals surface area contributed by atoms with Crippen molar-refractivity contribution in [2.24, 2.45) is 0 Å². The van der Waals surface area contributed by atoms with Crippen LogP contribution in [0.5, 0.6) is 0 Å². The van der Waals surface area contributed by atoms with Gasteiger partial charge in [-0.25, -0.2) is 13.2 Å². The molecule has 7 heteroatoms. The molecule has 2 N–H and O–H groups in total. The number of hydrogen-bond acceptors (Lipinski definition) is 4. The van der Waals surface area contributed by atoms with E-state index in [-0.39, 0.29) is 28.3 Å². The third-order valence-electron chi connectivity index (χ3n) is 3.72. The van der Waals surface area contributed by atoms with Crippen LogP contribution in [-0.4, -0.2) is 49.0 Å². The van der Waals surface area contributed by atoms with Gasteiger partial charge in [0.15, 0.2) is 9.84 Å². The van der Waals surface area contributed by atoms with Gasteiger partial charge in [0.1, 0.15) is 0 Å². The lowest BCUT2D eigenvalue weighted by Gasteiger charge is -2.26. The summed E-state index contributed by atoms with van der Waals surface area (Å²) in [6.45, 7) is 2.80. The minimum absolute atomic E-state index is 0.0758. The Morgan fingerprint density at radius 1 is 1.42 bits per heavy atom. The second-order valence-electron chi connectivity index (χ2n) is 5.68. The molecule has 2 rings (SSSR count). The Morgan fingerprint density at radius 2 is 2.21 bits per heavy atom. The summed E-state index contributed by atoms with van der Waals surface area (Å²) in [4.78, 5) is 11.8. The minimum Gasteiger partial charge on any atom is -0.337 e. The molecular weight excluding hydrogens is 284 g/mol. The maximum absolute atomic E-state index is 11.8. The summed E-state index contributed by atoms with van der Waals surface area (Å²) in [5.41, 5.74) is 0. The molecular formula is C12H22N2O3S2. The van der Waals surface area contributed by atoms with E-state index in [1.54, 1.807) is 0 Å². The second-order valence-corrected chi connectivity index (χ2v) is 9.59. The predicted molar refractivity (Wildman–Crippen MR) is 78.3 cm³/mol. The maximum Gasteiger partial charge on any atom is 0.315 e. The van der Waals surface area contributed by atoms with Crippen LogP contribution < -0.4 is 10.6 Å². The van der Waals surface area contributed by atoms with Gasteiger partial charge in [0, 0.05) is 17.3 Å². The Kier molecular flexibility index (Phi) is 4.66. The van der Waals surface area contributed by atoms with Crippen molar-refractivity contribution in [3.8, 4) is 0 Å². The number of rotatable bonds is 3. The summed E-state index contributed by atoms with van der Waals surface area (Å²) in [5, 5.41) is 5.65. The van der Waals surface area contributed by atoms with Gasteiger partial charge >= 0.3 is 6.03 Å². The largest absolute Gasteiger partial charge is 0.337 e. The quantitative estimate of drug-likeness (QED) is 0.820. The summed E-state index contributed by atoms with van der Waals surface area (Å²) < 4.78 is 23.1. The number of nitrogens with one attached hydrogen (secondary N) is 2. The molecule has 0 saturated carbocycles. The third kappa shape index (κ3) is 4.56. The second kappa shape index (κ2) is 5.91. The van der Waals surface area contributed by atoms with Gasteiger partial charge in [-0.2, -0.15) is 11.8 Å². The van der Waals surface area contributed by atoms with Crippen molar-refractivity contribution in [3.63, 3.8) is 0 Å². The molecule has 2 amide bonds. The number of carbonyl (C=O) groups excluding carboxylic acids is 1. The normalized spacial score (nSPS) is 33.8. The lowest BCUT2D eigenvalue weighted by atomic mass is 10.1. The molecule has 2 heterocycles. The molecule has 0 aromatic heterocycles. The topological polar surface area (TPSA) is 75.3 Å². The van der Waals surface area contributed by atoms with E-state index < -0.39 is 9.84 Å². The summed E-state index contributed by atoms with van der Waals surface area (Å²) in [7, 11) is -2.97. The molecule has 5 nitrogen and oxygen atoms in total. The zero-order chi connectivity index (χ0) is 13.9. The first-order chi connectivity index (χ1) is 8.89. The fraction of sp³-hybridized carbons (Fsp3) is 0.917. The Labute approximate surface area is 119 Å². The number of thioether (sulfide) groups is 1. The highest BCUT2D eigenvalue weighted by Gasteiger charge is 2.30. The highest BCUT2D eigenvalue weighted by molar-refractivity contribution is 8.00. The fourth-order valence-electron chi connectivity index (χ4n) is 2.62. The van der Waals surface area contributed by atoms with Gasteiger partial charge in [0.2, 0.25) is 0 Å². The van der Waals surface area contributed by atoms with E-state index in [0.717, 1.165) is 18.6 Å². The number of sulfone groups is 1. The van der Waals surface area contributed by atoms with Crippen molar-refractivity contribution >= 4 is 27.6 Å². The van der Waals surface area contributed by atoms with E-state index in [1.807, 2.05) is 11.8 Å². The molecule has 2 aliphatic rings. The van der Waals surface area contributed by atoms with Crippen molar-refractivity contribution in [1.82, 2.24) is 10.6 Å². The zero-order valence-electron chi connectivity index (χ0n) is 11.3. The van der Waals surface area contributed by atoms with Gasteiger partial charge in [0.05, 0.1) is 11.5 Å². The van der Waals surface area contributed by atoms with Gasteiger partial charge in [-0.3, -0.25) is 0 Å². The van der Waals surface area contributed by atoms with E-state index in [0.29, 0.717) is 13.0 Å². The van der Waals surface area contributed by atoms with Gasteiger partial charge in [-0.1, -0.05) is 0 Å². The van der Waals surface area contributed by atoms with Crippen LogP contribution in [0.2, 0.25) is 0 Å². The maximum atomic E-state index is 11.8. The van der Waals surface area contributed by atoms with Crippen LogP contribution in [-0.2, 0) is 9.84 Å². The Bertz CT molecular complexity index is 430. The van der Waals surface area contributed by atoms with Crippen LogP contribution in [0.15, 0.2) is 0 Å². The predicted octanol–water partition coefficient (Wildman–Crippen LogP) is 1.15. The van der Waals surface area contributed by atoms with Crippen molar-refractivity contribution in [2.75, 3.05) is 23.8 Å². The lowest BCUT2D eigenvalue weighted by molar-refractivity contribution is 0.236. The smallest absolute Gasteiger partial charge is 0.315 e. The number of carbonyl (C=O) groups is 1. The minimum atomic E-state index is -2.97. The molecule has 0 aromatic carbocycles. The van der Waals surface area contributed by atoms with Crippen LogP contribution in [0.3, 0.4) is 0 Å². The Hall–Kier alpha value is -0.430. The first-order valence-electron chi connectivity index (χ1n) is 6.77. The van der Waals surface area contributed by atoms with Crippen molar-refractivity contribution < 1.29 is 13.2 Å². The fourth-order valence-corrected chi connectivity index (χ4v) is 5.50. The van der Waals surface area contributed by atoms with E-state index in [4.69, 9.17) is 0 Å². The van der Waals surface area contributed by atoms with Crippen molar-refractivity contribution in [1.29, 1.82) is 0 Å². The molecule has 19 heavy (non-hydrogen) atoms. The first-order valence-corrected chi connectivity index (χ1v) is 9.58. The molecule has 2 unspecified atom stereocenters. The molecule has 0 radical (unpaired) electrons. The third-order valence-corrected chi connectivity index (χ3v) is 7.08. The van der Waals surface area contributed by atoms with E-state index >= 15 is 0 Å². The molecule has 110 valence electrons. The Morgan fingerprint density at radius 3 is 2.84 bits per heavy atom. The summed E-state index contributed by atoms with van der Waals surface area (Å²) >= 11 is 1.89. The van der Waals surface area contributed by atoms with Crippen LogP contribution in [0.25, 0.3) is 0 Å². The van der Waals surface area contributed by atoms with Crippen LogP contribution in [0.4, 0.5) is 4.79 Å². The summed E-state index contributed by atoms with van der Waals surface area (Å²) in [6.07, 6.45) is 3.71. The molecule has 2 aliphatic heterocycles. The standard InChI is InChI=1S/C12H22N2O3S2/c1-12(5-3-6-18-12)9-13-11(15)14-10-4-2-7-19(16,17)8-10/h10H,2-9H2,1H3,(H2,13,14,15). The van der Waals surface area contributed by atoms with Crippen LogP contribution >= 0.6 is 11.8 Å². The van der Waals surface area contributed by atoms with Gasteiger partial charge < -0.3 is 10.6 Å². The number of urea groups is 1. The molecule has 0 bridgehead atoms. The summed E-state index contributed by atoms with van der Waals surface area (Å²) in [6, 6.07) is -0.474. The zero-order valence-corrected chi connectivity index (χ0v) is 12.9. The first kappa shape index (κ1) is 15.0. The molecule has 0 spiro atoms. The van der Waals surface area contributed by atoms with Crippen molar-refractivity contribution in [2.45, 2.75) is 43.4 Å². The molecule has 0 aromatic rings. The molecule has 2 fully saturated rings. The molecule has 0 aliphatic carbocycles. The Balaban J connectivity index is 1.75. The highest BCUT2D eigenvalue weighted by Crippen LogP contribution is 2.36. The number of hydrogen-bond donors (Lipinski definition) is 2. The highest BCUT2D eigenvalue weighted by atomic mass is 32.2. The van der Waals surface area contributed by atoms with Crippen LogP contribution in [0, 0.1) is 0 Å². The average molecular weight is 306 g/mol. The lowest BCUT2D eigenvalue weighted by Crippen LogP contribution is -2.49.